The van der Waals surface area contributed by atoms with Gasteiger partial charge in [-0.05, 0) is 25.0 Å². The molecule has 0 spiro atoms. The number of para-hydroxylation sites is 1. The van der Waals surface area contributed by atoms with Crippen LogP contribution in [-0.2, 0) is 14.6 Å². The molecule has 0 aromatic heterocycles. The summed E-state index contributed by atoms with van der Waals surface area (Å²) in [5.41, 5.74) is -5.31. The normalized spacial score (nSPS) is 19.8. The molecule has 1 aliphatic heterocycles. The van der Waals surface area contributed by atoms with Gasteiger partial charge in [0.05, 0.1) is 29.9 Å². The number of aliphatic hydroxyl groups is 1. The van der Waals surface area contributed by atoms with Gasteiger partial charge in [0.25, 0.3) is 9.84 Å². The number of sulfone groups is 1. The van der Waals surface area contributed by atoms with E-state index in [0.29, 0.717) is 19.4 Å². The summed E-state index contributed by atoms with van der Waals surface area (Å²) < 4.78 is 67.5. The number of piperidine rings is 1. The fraction of sp³-hybridized carbons (Fsp3) is 0.571. The number of ether oxygens (including phenoxy) is 1. The van der Waals surface area contributed by atoms with Crippen molar-refractivity contribution in [1.29, 1.82) is 0 Å². The van der Waals surface area contributed by atoms with E-state index < -0.39 is 20.2 Å². The molecule has 2 rings (SSSR count). The molecule has 0 saturated carbocycles. The van der Waals surface area contributed by atoms with E-state index in [4.69, 9.17) is 9.84 Å². The van der Waals surface area contributed by atoms with Crippen LogP contribution in [0.5, 0.6) is 0 Å². The molecule has 0 bridgehead atoms. The average molecular weight is 353 g/mol. The van der Waals surface area contributed by atoms with Crippen LogP contribution < -0.4 is 4.90 Å². The van der Waals surface area contributed by atoms with E-state index in [1.165, 1.54) is 18.2 Å². The molecule has 9 heteroatoms. The predicted molar refractivity (Wildman–Crippen MR) is 78.0 cm³/mol. The molecule has 5 nitrogen and oxygen atoms in total. The quantitative estimate of drug-likeness (QED) is 0.877. The van der Waals surface area contributed by atoms with Crippen LogP contribution in [0.2, 0.25) is 0 Å². The number of hydrogen-bond acceptors (Lipinski definition) is 5. The summed E-state index contributed by atoms with van der Waals surface area (Å²) in [6.45, 7) is 0.726. The zero-order chi connectivity index (χ0) is 17.1. The van der Waals surface area contributed by atoms with E-state index in [1.54, 1.807) is 4.90 Å². The second kappa shape index (κ2) is 7.06. The van der Waals surface area contributed by atoms with Crippen LogP contribution in [0.1, 0.15) is 12.8 Å². The Kier molecular flexibility index (Phi) is 5.53. The molecule has 1 unspecified atom stereocenters. The van der Waals surface area contributed by atoms with Gasteiger partial charge in [-0.3, -0.25) is 0 Å². The summed E-state index contributed by atoms with van der Waals surface area (Å²) >= 11 is 0. The van der Waals surface area contributed by atoms with E-state index in [0.717, 1.165) is 6.07 Å². The first-order chi connectivity index (χ1) is 10.8. The molecule has 1 aromatic carbocycles. The summed E-state index contributed by atoms with van der Waals surface area (Å²) in [6.07, 6.45) is 1.12. The van der Waals surface area contributed by atoms with Crippen LogP contribution in [0.15, 0.2) is 29.2 Å². The first-order valence-electron chi connectivity index (χ1n) is 7.15. The average Bonchev–Trinajstić information content (AvgIpc) is 2.52. The van der Waals surface area contributed by atoms with Gasteiger partial charge in [-0.25, -0.2) is 8.42 Å². The highest BCUT2D eigenvalue weighted by Crippen LogP contribution is 2.36. The van der Waals surface area contributed by atoms with Crippen LogP contribution in [0.3, 0.4) is 0 Å². The van der Waals surface area contributed by atoms with Crippen molar-refractivity contribution in [3.8, 4) is 0 Å². The number of benzene rings is 1. The molecule has 1 aliphatic rings. The van der Waals surface area contributed by atoms with Crippen molar-refractivity contribution < 1.29 is 31.4 Å². The maximum Gasteiger partial charge on any atom is 0.501 e. The maximum atomic E-state index is 12.9. The molecule has 0 radical (unpaired) electrons. The van der Waals surface area contributed by atoms with Crippen LogP contribution in [-0.4, -0.2) is 51.4 Å². The fourth-order valence-electron chi connectivity index (χ4n) is 2.58. The van der Waals surface area contributed by atoms with Gasteiger partial charge in [0.1, 0.15) is 0 Å². The number of halogens is 3. The van der Waals surface area contributed by atoms with Crippen molar-refractivity contribution in [2.45, 2.75) is 29.3 Å². The minimum atomic E-state index is -5.41. The Labute approximate surface area is 132 Å². The van der Waals surface area contributed by atoms with Crippen molar-refractivity contribution in [2.24, 2.45) is 0 Å². The topological polar surface area (TPSA) is 66.8 Å². The SMILES string of the molecule is O=S(=O)(c1ccccc1N1CCCC(OCCO)C1)C(F)(F)F. The third-order valence-electron chi connectivity index (χ3n) is 3.62. The number of rotatable bonds is 5. The standard InChI is InChI=1S/C14H18F3NO4S/c15-14(16,17)23(20,21)13-6-2-1-5-12(13)18-7-3-4-11(10-18)22-9-8-19/h1-2,5-6,11,19H,3-4,7-10H2. The molecule has 1 N–H and O–H groups in total. The molecular weight excluding hydrogens is 335 g/mol. The Morgan fingerprint density at radius 3 is 2.65 bits per heavy atom. The minimum absolute atomic E-state index is 0.0297. The first kappa shape index (κ1) is 18.0. The lowest BCUT2D eigenvalue weighted by molar-refractivity contribution is -0.0435. The van der Waals surface area contributed by atoms with Gasteiger partial charge < -0.3 is 14.7 Å². The summed E-state index contributed by atoms with van der Waals surface area (Å²) in [7, 11) is -5.41. The van der Waals surface area contributed by atoms with E-state index in [-0.39, 0.29) is 31.5 Å². The van der Waals surface area contributed by atoms with E-state index >= 15 is 0 Å². The highest BCUT2D eigenvalue weighted by molar-refractivity contribution is 7.92. The summed E-state index contributed by atoms with van der Waals surface area (Å²) in [4.78, 5) is 0.847. The largest absolute Gasteiger partial charge is 0.501 e. The van der Waals surface area contributed by atoms with Crippen LogP contribution in [0.4, 0.5) is 18.9 Å². The molecule has 23 heavy (non-hydrogen) atoms. The molecule has 0 aliphatic carbocycles. The zero-order valence-electron chi connectivity index (χ0n) is 12.3. The van der Waals surface area contributed by atoms with Gasteiger partial charge in [0, 0.05) is 13.1 Å². The van der Waals surface area contributed by atoms with Gasteiger partial charge in [0.15, 0.2) is 0 Å². The van der Waals surface area contributed by atoms with Crippen molar-refractivity contribution >= 4 is 15.5 Å². The smallest absolute Gasteiger partial charge is 0.394 e. The number of aliphatic hydroxyl groups excluding tert-OH is 1. The molecular formula is C14H18F3NO4S. The third-order valence-corrected chi connectivity index (χ3v) is 5.16. The van der Waals surface area contributed by atoms with Crippen LogP contribution in [0, 0.1) is 0 Å². The van der Waals surface area contributed by atoms with Crippen molar-refractivity contribution in [1.82, 2.24) is 0 Å². The van der Waals surface area contributed by atoms with Gasteiger partial charge in [-0.1, -0.05) is 12.1 Å². The zero-order valence-corrected chi connectivity index (χ0v) is 13.1. The van der Waals surface area contributed by atoms with Crippen molar-refractivity contribution in [3.05, 3.63) is 24.3 Å². The van der Waals surface area contributed by atoms with Gasteiger partial charge in [-0.15, -0.1) is 0 Å². The predicted octanol–water partition coefficient (Wildman–Crippen LogP) is 1.96. The lowest BCUT2D eigenvalue weighted by Crippen LogP contribution is -2.41. The highest BCUT2D eigenvalue weighted by Gasteiger charge is 2.48. The lowest BCUT2D eigenvalue weighted by atomic mass is 10.1. The Morgan fingerprint density at radius 2 is 2.00 bits per heavy atom. The molecule has 1 heterocycles. The molecule has 130 valence electrons. The van der Waals surface area contributed by atoms with Crippen molar-refractivity contribution in [3.63, 3.8) is 0 Å². The number of nitrogens with zero attached hydrogens (tertiary/aromatic N) is 1. The second-order valence-corrected chi connectivity index (χ2v) is 7.13. The van der Waals surface area contributed by atoms with Gasteiger partial charge >= 0.3 is 5.51 Å². The summed E-state index contributed by atoms with van der Waals surface area (Å²) in [5.74, 6) is 0. The third kappa shape index (κ3) is 3.96. The maximum absolute atomic E-state index is 12.9. The summed E-state index contributed by atoms with van der Waals surface area (Å²) in [6, 6.07) is 5.11. The van der Waals surface area contributed by atoms with E-state index in [9.17, 15) is 21.6 Å². The van der Waals surface area contributed by atoms with E-state index in [2.05, 4.69) is 0 Å². The van der Waals surface area contributed by atoms with Crippen molar-refractivity contribution in [2.75, 3.05) is 31.2 Å². The Hall–Kier alpha value is -1.32. The first-order valence-corrected chi connectivity index (χ1v) is 8.63. The minimum Gasteiger partial charge on any atom is -0.394 e. The van der Waals surface area contributed by atoms with Crippen LogP contribution in [0.25, 0.3) is 0 Å². The van der Waals surface area contributed by atoms with Gasteiger partial charge in [-0.2, -0.15) is 13.2 Å². The number of anilines is 1. The van der Waals surface area contributed by atoms with Crippen LogP contribution >= 0.6 is 0 Å². The Balaban J connectivity index is 2.30. The Bertz CT molecular complexity index is 633. The Morgan fingerprint density at radius 1 is 1.30 bits per heavy atom. The lowest BCUT2D eigenvalue weighted by Gasteiger charge is -2.35. The van der Waals surface area contributed by atoms with Gasteiger partial charge in [0.2, 0.25) is 0 Å². The number of alkyl halides is 3. The number of hydrogen-bond donors (Lipinski definition) is 1. The molecule has 1 aromatic rings. The monoisotopic (exact) mass is 353 g/mol. The molecule has 1 saturated heterocycles. The fourth-order valence-corrected chi connectivity index (χ4v) is 3.56. The summed E-state index contributed by atoms with van der Waals surface area (Å²) in [5, 5.41) is 8.78. The van der Waals surface area contributed by atoms with E-state index in [1.807, 2.05) is 0 Å². The highest BCUT2D eigenvalue weighted by atomic mass is 32.2. The molecule has 0 amide bonds. The second-order valence-electron chi connectivity index (χ2n) is 5.22. The molecule has 1 atom stereocenters. The molecule has 1 fully saturated rings.